The summed E-state index contributed by atoms with van der Waals surface area (Å²) in [6, 6.07) is 3.47. The number of nitrogens with zero attached hydrogens (tertiary/aromatic N) is 3. The van der Waals surface area contributed by atoms with Crippen LogP contribution in [0.4, 0.5) is 14.6 Å². The summed E-state index contributed by atoms with van der Waals surface area (Å²) in [5.41, 5.74) is 4.42. The highest BCUT2D eigenvalue weighted by Gasteiger charge is 2.61. The molecule has 1 aliphatic carbocycles. The zero-order valence-electron chi connectivity index (χ0n) is 17.6. The van der Waals surface area contributed by atoms with Crippen molar-refractivity contribution >= 4 is 33.9 Å². The summed E-state index contributed by atoms with van der Waals surface area (Å²) in [6.45, 7) is 9.67. The third-order valence-electron chi connectivity index (χ3n) is 5.20. The molecule has 1 atom stereocenters. The van der Waals surface area contributed by atoms with Gasteiger partial charge < -0.3 is 10.5 Å². The number of rotatable bonds is 7. The quantitative estimate of drug-likeness (QED) is 0.270. The van der Waals surface area contributed by atoms with Gasteiger partial charge in [0.2, 0.25) is 5.91 Å². The molecule has 2 aromatic heterocycles. The number of hydrogen-bond donors (Lipinski definition) is 2. The highest BCUT2D eigenvalue weighted by molar-refractivity contribution is 6.02. The van der Waals surface area contributed by atoms with Crippen molar-refractivity contribution in [3.8, 4) is 0 Å². The van der Waals surface area contributed by atoms with E-state index in [1.54, 1.807) is 18.5 Å². The molecule has 2 heterocycles. The molecule has 1 unspecified atom stereocenters. The monoisotopic (exact) mass is 426 g/mol. The van der Waals surface area contributed by atoms with E-state index in [0.717, 1.165) is 22.1 Å². The number of allylic oxidation sites excluding steroid dienone is 5. The first-order chi connectivity index (χ1) is 14.7. The Morgan fingerprint density at radius 2 is 2.10 bits per heavy atom. The molecule has 1 aliphatic rings. The first kappa shape index (κ1) is 22.3. The average Bonchev–Trinajstić information content (AvgIpc) is 3.38. The standard InChI is InChI=1S/C23H24F2N4O2/c1-5-17(13(3)7-14(4)19(6-2)29-31)15-8-16-12-27-21(9-20(16)26-11-15)28-22(30)18-10-23(18,24)25/h5,7-9,11-12,18,31H,4,6,10H2,1-3H3,(H,27,28,30)/b13-7-,17-5+,29-19-. The van der Waals surface area contributed by atoms with Gasteiger partial charge >= 0.3 is 0 Å². The van der Waals surface area contributed by atoms with Gasteiger partial charge in [0, 0.05) is 35.8 Å². The molecule has 0 radical (unpaired) electrons. The summed E-state index contributed by atoms with van der Waals surface area (Å²) in [5, 5.41) is 15.5. The first-order valence-electron chi connectivity index (χ1n) is 9.90. The van der Waals surface area contributed by atoms with Gasteiger partial charge in [-0.25, -0.2) is 13.8 Å². The Kier molecular flexibility index (Phi) is 6.29. The van der Waals surface area contributed by atoms with Crippen molar-refractivity contribution in [3.63, 3.8) is 0 Å². The molecule has 3 rings (SSSR count). The zero-order valence-corrected chi connectivity index (χ0v) is 17.6. The fourth-order valence-corrected chi connectivity index (χ4v) is 3.36. The zero-order chi connectivity index (χ0) is 22.8. The normalized spacial score (nSPS) is 18.7. The molecule has 1 saturated carbocycles. The minimum Gasteiger partial charge on any atom is -0.411 e. The summed E-state index contributed by atoms with van der Waals surface area (Å²) >= 11 is 0. The molecule has 0 spiro atoms. The number of amides is 1. The van der Waals surface area contributed by atoms with Crippen LogP contribution in [0.3, 0.4) is 0 Å². The number of fused-ring (bicyclic) bond motifs is 1. The Labute approximate surface area is 179 Å². The smallest absolute Gasteiger partial charge is 0.260 e. The average molecular weight is 426 g/mol. The van der Waals surface area contributed by atoms with Gasteiger partial charge in [-0.1, -0.05) is 30.8 Å². The van der Waals surface area contributed by atoms with Crippen molar-refractivity contribution in [1.82, 2.24) is 9.97 Å². The van der Waals surface area contributed by atoms with Crippen LogP contribution in [-0.4, -0.2) is 32.7 Å². The maximum Gasteiger partial charge on any atom is 0.260 e. The molecule has 0 aliphatic heterocycles. The molecule has 6 nitrogen and oxygen atoms in total. The molecule has 8 heteroatoms. The van der Waals surface area contributed by atoms with Crippen molar-refractivity contribution in [2.75, 3.05) is 5.32 Å². The van der Waals surface area contributed by atoms with Gasteiger partial charge in [-0.15, -0.1) is 0 Å². The van der Waals surface area contributed by atoms with E-state index < -0.39 is 24.2 Å². The Morgan fingerprint density at radius 1 is 1.39 bits per heavy atom. The highest BCUT2D eigenvalue weighted by Crippen LogP contribution is 2.49. The van der Waals surface area contributed by atoms with E-state index in [-0.39, 0.29) is 5.82 Å². The number of anilines is 1. The Balaban J connectivity index is 1.83. The minimum atomic E-state index is -2.92. The molecular formula is C23H24F2N4O2. The second-order valence-electron chi connectivity index (χ2n) is 7.45. The molecule has 0 saturated heterocycles. The third-order valence-corrected chi connectivity index (χ3v) is 5.20. The van der Waals surface area contributed by atoms with E-state index in [2.05, 4.69) is 27.0 Å². The fourth-order valence-electron chi connectivity index (χ4n) is 3.36. The number of pyridine rings is 2. The van der Waals surface area contributed by atoms with Gasteiger partial charge in [0.25, 0.3) is 5.92 Å². The number of carbonyl (C=O) groups excluding carboxylic acids is 1. The van der Waals surface area contributed by atoms with Crippen LogP contribution < -0.4 is 5.32 Å². The lowest BCUT2D eigenvalue weighted by molar-refractivity contribution is -0.119. The number of hydrogen-bond acceptors (Lipinski definition) is 5. The maximum absolute atomic E-state index is 13.1. The molecule has 0 aromatic carbocycles. The van der Waals surface area contributed by atoms with Crippen LogP contribution in [0.15, 0.2) is 59.6 Å². The van der Waals surface area contributed by atoms with Crippen LogP contribution in [-0.2, 0) is 4.79 Å². The van der Waals surface area contributed by atoms with E-state index in [9.17, 15) is 13.6 Å². The summed E-state index contributed by atoms with van der Waals surface area (Å²) in [4.78, 5) is 20.5. The van der Waals surface area contributed by atoms with Crippen LogP contribution in [0.1, 0.15) is 39.2 Å². The predicted molar refractivity (Wildman–Crippen MR) is 117 cm³/mol. The van der Waals surface area contributed by atoms with Crippen molar-refractivity contribution in [1.29, 1.82) is 0 Å². The molecular weight excluding hydrogens is 402 g/mol. The highest BCUT2D eigenvalue weighted by atomic mass is 19.3. The number of alkyl halides is 2. The van der Waals surface area contributed by atoms with E-state index in [4.69, 9.17) is 5.21 Å². The van der Waals surface area contributed by atoms with Crippen LogP contribution in [0.2, 0.25) is 0 Å². The molecule has 1 amide bonds. The SMILES string of the molecule is C=C(/C=C(C)\C(=C/C)c1cnc2cc(NC(=O)C3CC3(F)F)ncc2c1)/C(CC)=N\O. The van der Waals surface area contributed by atoms with E-state index in [1.165, 1.54) is 0 Å². The van der Waals surface area contributed by atoms with Gasteiger partial charge in [-0.05, 0) is 43.1 Å². The molecule has 162 valence electrons. The van der Waals surface area contributed by atoms with Crippen LogP contribution >= 0.6 is 0 Å². The van der Waals surface area contributed by atoms with Crippen molar-refractivity contribution in [2.45, 2.75) is 39.5 Å². The summed E-state index contributed by atoms with van der Waals surface area (Å²) in [7, 11) is 0. The van der Waals surface area contributed by atoms with Gasteiger partial charge in [0.05, 0.1) is 11.2 Å². The molecule has 2 aromatic rings. The van der Waals surface area contributed by atoms with Crippen LogP contribution in [0.25, 0.3) is 16.5 Å². The number of oxime groups is 1. The van der Waals surface area contributed by atoms with E-state index >= 15 is 0 Å². The minimum absolute atomic E-state index is 0.189. The second-order valence-corrected chi connectivity index (χ2v) is 7.45. The lowest BCUT2D eigenvalue weighted by Crippen LogP contribution is -2.18. The predicted octanol–water partition coefficient (Wildman–Crippen LogP) is 5.37. The molecule has 31 heavy (non-hydrogen) atoms. The number of carbonyl (C=O) groups is 1. The van der Waals surface area contributed by atoms with Gasteiger partial charge in [-0.3, -0.25) is 9.78 Å². The summed E-state index contributed by atoms with van der Waals surface area (Å²) in [5.74, 6) is -4.75. The topological polar surface area (TPSA) is 87.5 Å². The number of aromatic nitrogens is 2. The van der Waals surface area contributed by atoms with Crippen molar-refractivity contribution in [2.24, 2.45) is 11.1 Å². The third kappa shape index (κ3) is 4.84. The van der Waals surface area contributed by atoms with Gasteiger partial charge in [0.1, 0.15) is 11.7 Å². The molecule has 0 bridgehead atoms. The Bertz CT molecular complexity index is 1140. The van der Waals surface area contributed by atoms with Crippen molar-refractivity contribution < 1.29 is 18.8 Å². The number of halogens is 2. The largest absolute Gasteiger partial charge is 0.411 e. The summed E-state index contributed by atoms with van der Waals surface area (Å²) in [6.07, 6.45) is 7.17. The maximum atomic E-state index is 13.1. The molecule has 2 N–H and O–H groups in total. The lowest BCUT2D eigenvalue weighted by Gasteiger charge is -2.11. The Morgan fingerprint density at radius 3 is 2.68 bits per heavy atom. The van der Waals surface area contributed by atoms with Gasteiger partial charge in [-0.2, -0.15) is 0 Å². The second kappa shape index (κ2) is 8.75. The van der Waals surface area contributed by atoms with E-state index in [0.29, 0.717) is 23.2 Å². The van der Waals surface area contributed by atoms with Crippen molar-refractivity contribution in [3.05, 3.63) is 60.0 Å². The van der Waals surface area contributed by atoms with Gasteiger partial charge in [0.15, 0.2) is 0 Å². The Hall–Kier alpha value is -3.42. The van der Waals surface area contributed by atoms with Crippen LogP contribution in [0, 0.1) is 5.92 Å². The van der Waals surface area contributed by atoms with Crippen LogP contribution in [0.5, 0.6) is 0 Å². The summed E-state index contributed by atoms with van der Waals surface area (Å²) < 4.78 is 26.1. The lowest BCUT2D eigenvalue weighted by atomic mass is 9.96. The number of nitrogens with one attached hydrogen (secondary N) is 1. The first-order valence-corrected chi connectivity index (χ1v) is 9.90. The molecule has 1 fully saturated rings. The van der Waals surface area contributed by atoms with E-state index in [1.807, 2.05) is 39.0 Å². The fraction of sp³-hybridized carbons (Fsp3) is 0.304.